The summed E-state index contributed by atoms with van der Waals surface area (Å²) in [7, 11) is 1.59. The van der Waals surface area contributed by atoms with Gasteiger partial charge in [-0.3, -0.25) is 4.99 Å². The van der Waals surface area contributed by atoms with Crippen molar-refractivity contribution in [2.75, 3.05) is 7.11 Å². The Hall–Kier alpha value is -1.58. The van der Waals surface area contributed by atoms with Crippen LogP contribution in [-0.4, -0.2) is 13.3 Å². The van der Waals surface area contributed by atoms with Crippen molar-refractivity contribution < 1.29 is 4.74 Å². The van der Waals surface area contributed by atoms with E-state index in [-0.39, 0.29) is 0 Å². The van der Waals surface area contributed by atoms with Gasteiger partial charge in [-0.2, -0.15) is 0 Å². The first-order chi connectivity index (χ1) is 9.69. The van der Waals surface area contributed by atoms with Crippen LogP contribution >= 0.6 is 27.5 Å². The molecular weight excluding hydrogens is 338 g/mol. The van der Waals surface area contributed by atoms with Gasteiger partial charge in [-0.25, -0.2) is 0 Å². The molecule has 0 unspecified atom stereocenters. The molecular formula is C16H13BrClNO. The molecule has 0 aliphatic rings. The number of halogens is 2. The first-order valence-electron chi connectivity index (χ1n) is 5.99. The molecule has 0 saturated carbocycles. The van der Waals surface area contributed by atoms with Crippen LogP contribution in [0.2, 0.25) is 5.02 Å². The van der Waals surface area contributed by atoms with Crippen LogP contribution in [0.3, 0.4) is 0 Å². The Morgan fingerprint density at radius 2 is 2.05 bits per heavy atom. The van der Waals surface area contributed by atoms with E-state index in [1.165, 1.54) is 0 Å². The lowest BCUT2D eigenvalue weighted by Gasteiger charge is -2.02. The average molecular weight is 351 g/mol. The number of rotatable bonds is 4. The number of hydrogen-bond acceptors (Lipinski definition) is 2. The number of ether oxygens (including phenoxy) is 1. The van der Waals surface area contributed by atoms with Crippen LogP contribution < -0.4 is 4.74 Å². The van der Waals surface area contributed by atoms with E-state index in [9.17, 15) is 0 Å². The summed E-state index contributed by atoms with van der Waals surface area (Å²) in [4.78, 5) is 4.32. The van der Waals surface area contributed by atoms with E-state index >= 15 is 0 Å². The molecule has 102 valence electrons. The number of nitrogens with zero attached hydrogens (tertiary/aromatic N) is 1. The minimum Gasteiger partial charge on any atom is -0.495 e. The van der Waals surface area contributed by atoms with Gasteiger partial charge in [-0.1, -0.05) is 45.7 Å². The highest BCUT2D eigenvalue weighted by Crippen LogP contribution is 2.28. The van der Waals surface area contributed by atoms with Gasteiger partial charge in [0.1, 0.15) is 5.75 Å². The molecule has 0 fully saturated rings. The molecule has 0 heterocycles. The van der Waals surface area contributed by atoms with Gasteiger partial charge in [-0.15, -0.1) is 0 Å². The molecule has 0 spiro atoms. The lowest BCUT2D eigenvalue weighted by Crippen LogP contribution is -1.82. The molecule has 2 rings (SSSR count). The Balaban J connectivity index is 2.05. The maximum absolute atomic E-state index is 6.03. The number of allylic oxidation sites excluding steroid dienone is 1. The lowest BCUT2D eigenvalue weighted by molar-refractivity contribution is 0.415. The van der Waals surface area contributed by atoms with Gasteiger partial charge in [0.15, 0.2) is 0 Å². The summed E-state index contributed by atoms with van der Waals surface area (Å²) in [5.74, 6) is 0.648. The van der Waals surface area contributed by atoms with Crippen molar-refractivity contribution >= 4 is 45.5 Å². The van der Waals surface area contributed by atoms with Crippen LogP contribution in [0.15, 0.2) is 58.0 Å². The summed E-state index contributed by atoms with van der Waals surface area (Å²) in [6, 6.07) is 13.5. The SMILES string of the molecule is COc1ccc(N=CC=Cc2cccc(Br)c2)cc1Cl. The minimum atomic E-state index is 0.554. The molecule has 0 aliphatic heterocycles. The highest BCUT2D eigenvalue weighted by atomic mass is 79.9. The maximum atomic E-state index is 6.03. The van der Waals surface area contributed by atoms with Crippen LogP contribution in [0.1, 0.15) is 5.56 Å². The number of methoxy groups -OCH3 is 1. The predicted octanol–water partition coefficient (Wildman–Crippen LogP) is 5.53. The third kappa shape index (κ3) is 4.22. The molecule has 0 aromatic heterocycles. The van der Waals surface area contributed by atoms with Gasteiger partial charge in [-0.05, 0) is 42.0 Å². The molecule has 0 amide bonds. The standard InChI is InChI=1S/C16H13BrClNO/c1-20-16-8-7-14(11-15(16)18)19-9-3-5-12-4-2-6-13(17)10-12/h2-11H,1H3. The van der Waals surface area contributed by atoms with E-state index < -0.39 is 0 Å². The molecule has 0 N–H and O–H groups in total. The zero-order valence-electron chi connectivity index (χ0n) is 10.9. The Morgan fingerprint density at radius 3 is 2.75 bits per heavy atom. The fourth-order valence-corrected chi connectivity index (χ4v) is 2.30. The zero-order chi connectivity index (χ0) is 14.4. The second-order valence-corrected chi connectivity index (χ2v) is 5.33. The zero-order valence-corrected chi connectivity index (χ0v) is 13.2. The van der Waals surface area contributed by atoms with Gasteiger partial charge < -0.3 is 4.74 Å². The Morgan fingerprint density at radius 1 is 1.20 bits per heavy atom. The van der Waals surface area contributed by atoms with E-state index in [4.69, 9.17) is 16.3 Å². The smallest absolute Gasteiger partial charge is 0.137 e. The normalized spacial score (nSPS) is 11.3. The minimum absolute atomic E-state index is 0.554. The van der Waals surface area contributed by atoms with E-state index in [1.807, 2.05) is 42.5 Å². The van der Waals surface area contributed by atoms with Gasteiger partial charge in [0, 0.05) is 10.7 Å². The fourth-order valence-electron chi connectivity index (χ4n) is 1.63. The molecule has 0 aliphatic carbocycles. The maximum Gasteiger partial charge on any atom is 0.137 e. The molecule has 20 heavy (non-hydrogen) atoms. The Kier molecular flexibility index (Phi) is 5.39. The fraction of sp³-hybridized carbons (Fsp3) is 0.0625. The van der Waals surface area contributed by atoms with Gasteiger partial charge >= 0.3 is 0 Å². The first-order valence-corrected chi connectivity index (χ1v) is 7.16. The van der Waals surface area contributed by atoms with E-state index in [1.54, 1.807) is 25.5 Å². The second-order valence-electron chi connectivity index (χ2n) is 4.01. The van der Waals surface area contributed by atoms with Crippen molar-refractivity contribution in [2.45, 2.75) is 0 Å². The van der Waals surface area contributed by atoms with Crippen molar-refractivity contribution in [3.63, 3.8) is 0 Å². The lowest BCUT2D eigenvalue weighted by atomic mass is 10.2. The van der Waals surface area contributed by atoms with E-state index in [0.717, 1.165) is 15.7 Å². The third-order valence-corrected chi connectivity index (χ3v) is 3.37. The highest BCUT2D eigenvalue weighted by molar-refractivity contribution is 9.10. The molecule has 4 heteroatoms. The summed E-state index contributed by atoms with van der Waals surface area (Å²) in [6.07, 6.45) is 5.61. The van der Waals surface area contributed by atoms with Gasteiger partial charge in [0.25, 0.3) is 0 Å². The van der Waals surface area contributed by atoms with Crippen LogP contribution in [0.5, 0.6) is 5.75 Å². The largest absolute Gasteiger partial charge is 0.495 e. The van der Waals surface area contributed by atoms with E-state index in [2.05, 4.69) is 20.9 Å². The van der Waals surface area contributed by atoms with Gasteiger partial charge in [0.2, 0.25) is 0 Å². The summed E-state index contributed by atoms with van der Waals surface area (Å²) in [5.41, 5.74) is 1.90. The molecule has 2 aromatic carbocycles. The first kappa shape index (κ1) is 14.8. The van der Waals surface area contributed by atoms with Crippen molar-refractivity contribution in [3.8, 4) is 5.75 Å². The molecule has 2 nitrogen and oxygen atoms in total. The third-order valence-electron chi connectivity index (χ3n) is 2.58. The van der Waals surface area contributed by atoms with Crippen LogP contribution in [0.25, 0.3) is 6.08 Å². The van der Waals surface area contributed by atoms with Crippen molar-refractivity contribution in [1.82, 2.24) is 0 Å². The number of hydrogen-bond donors (Lipinski definition) is 0. The van der Waals surface area contributed by atoms with Crippen molar-refractivity contribution in [2.24, 2.45) is 4.99 Å². The highest BCUT2D eigenvalue weighted by Gasteiger charge is 1.99. The van der Waals surface area contributed by atoms with Crippen molar-refractivity contribution in [1.29, 1.82) is 0 Å². The second kappa shape index (κ2) is 7.27. The number of aliphatic imine (C=N–C) groups is 1. The van der Waals surface area contributed by atoms with Crippen LogP contribution in [-0.2, 0) is 0 Å². The van der Waals surface area contributed by atoms with Crippen molar-refractivity contribution in [3.05, 3.63) is 63.6 Å². The molecule has 0 bridgehead atoms. The average Bonchev–Trinajstić information content (AvgIpc) is 2.44. The molecule has 2 aromatic rings. The molecule has 0 atom stereocenters. The van der Waals surface area contributed by atoms with Gasteiger partial charge in [0.05, 0.1) is 17.8 Å². The topological polar surface area (TPSA) is 21.6 Å². The van der Waals surface area contributed by atoms with Crippen LogP contribution in [0.4, 0.5) is 5.69 Å². The molecule has 0 saturated heterocycles. The molecule has 0 radical (unpaired) electrons. The predicted molar refractivity (Wildman–Crippen MR) is 89.3 cm³/mol. The quantitative estimate of drug-likeness (QED) is 0.665. The number of benzene rings is 2. The Bertz CT molecular complexity index is 653. The summed E-state index contributed by atoms with van der Waals surface area (Å²) >= 11 is 9.47. The Labute approximate surface area is 131 Å². The monoisotopic (exact) mass is 349 g/mol. The summed E-state index contributed by atoms with van der Waals surface area (Å²) < 4.78 is 6.15. The summed E-state index contributed by atoms with van der Waals surface area (Å²) in [5, 5.41) is 0.554. The van der Waals surface area contributed by atoms with E-state index in [0.29, 0.717) is 10.8 Å². The van der Waals surface area contributed by atoms with Crippen LogP contribution in [0, 0.1) is 0 Å². The summed E-state index contributed by atoms with van der Waals surface area (Å²) in [6.45, 7) is 0.